The van der Waals surface area contributed by atoms with E-state index in [0.717, 1.165) is 42.7 Å². The highest BCUT2D eigenvalue weighted by Gasteiger charge is 2.25. The molecule has 160 valence electrons. The van der Waals surface area contributed by atoms with E-state index in [0.29, 0.717) is 18.1 Å². The van der Waals surface area contributed by atoms with Crippen LogP contribution >= 0.6 is 11.6 Å². The smallest absolute Gasteiger partial charge is 0.269 e. The molecule has 2 heterocycles. The summed E-state index contributed by atoms with van der Waals surface area (Å²) in [5.41, 5.74) is 2.76. The standard InChI is InChI=1S/C24H25ClN4O2/c25-21-8-6-18(7-9-21)15-26-24(31)20-10-12-28(13-11-20)22-14-23(30)29(27-16-22)17-19-4-2-1-3-5-19/h1-9,14,16,20H,10-13,15,17H2,(H,26,31). The number of piperidine rings is 1. The fourth-order valence-electron chi connectivity index (χ4n) is 3.81. The highest BCUT2D eigenvalue weighted by molar-refractivity contribution is 6.30. The number of amides is 1. The summed E-state index contributed by atoms with van der Waals surface area (Å²) in [6, 6.07) is 18.9. The van der Waals surface area contributed by atoms with Crippen molar-refractivity contribution in [3.8, 4) is 0 Å². The third kappa shape index (κ3) is 5.52. The number of halogens is 1. The van der Waals surface area contributed by atoms with Crippen LogP contribution in [0.15, 0.2) is 71.7 Å². The lowest BCUT2D eigenvalue weighted by atomic mass is 9.95. The molecule has 0 unspecified atom stereocenters. The van der Waals surface area contributed by atoms with Crippen molar-refractivity contribution in [3.05, 3.63) is 93.4 Å². The van der Waals surface area contributed by atoms with E-state index in [2.05, 4.69) is 15.3 Å². The molecule has 2 aromatic carbocycles. The van der Waals surface area contributed by atoms with E-state index in [1.54, 1.807) is 12.3 Å². The minimum absolute atomic E-state index is 0.0186. The maximum Gasteiger partial charge on any atom is 0.269 e. The molecule has 1 aliphatic rings. The fourth-order valence-corrected chi connectivity index (χ4v) is 3.93. The zero-order valence-electron chi connectivity index (χ0n) is 17.2. The van der Waals surface area contributed by atoms with Gasteiger partial charge in [0, 0.05) is 36.6 Å². The number of nitrogens with zero attached hydrogens (tertiary/aromatic N) is 3. The van der Waals surface area contributed by atoms with Crippen molar-refractivity contribution in [2.24, 2.45) is 5.92 Å². The molecule has 0 saturated carbocycles. The van der Waals surface area contributed by atoms with Crippen molar-refractivity contribution in [2.75, 3.05) is 18.0 Å². The zero-order chi connectivity index (χ0) is 21.6. The number of hydrogen-bond donors (Lipinski definition) is 1. The maximum absolute atomic E-state index is 12.5. The molecule has 1 fully saturated rings. The van der Waals surface area contributed by atoms with Gasteiger partial charge in [0.05, 0.1) is 18.4 Å². The van der Waals surface area contributed by atoms with Crippen LogP contribution < -0.4 is 15.8 Å². The van der Waals surface area contributed by atoms with E-state index in [4.69, 9.17) is 11.6 Å². The molecule has 31 heavy (non-hydrogen) atoms. The Bertz CT molecular complexity index is 1070. The minimum Gasteiger partial charge on any atom is -0.370 e. The highest BCUT2D eigenvalue weighted by Crippen LogP contribution is 2.22. The number of anilines is 1. The number of hydrogen-bond acceptors (Lipinski definition) is 4. The first kappa shape index (κ1) is 21.1. The Morgan fingerprint density at radius 1 is 1.03 bits per heavy atom. The predicted octanol–water partition coefficient (Wildman–Crippen LogP) is 3.48. The molecule has 0 radical (unpaired) electrons. The molecule has 1 saturated heterocycles. The third-order valence-corrected chi connectivity index (χ3v) is 5.89. The molecule has 1 amide bonds. The second kappa shape index (κ2) is 9.79. The molecule has 3 aromatic rings. The van der Waals surface area contributed by atoms with Gasteiger partial charge in [0.15, 0.2) is 0 Å². The fraction of sp³-hybridized carbons (Fsp3) is 0.292. The van der Waals surface area contributed by atoms with Crippen molar-refractivity contribution >= 4 is 23.2 Å². The Morgan fingerprint density at radius 3 is 2.42 bits per heavy atom. The first-order chi connectivity index (χ1) is 15.1. The lowest BCUT2D eigenvalue weighted by Crippen LogP contribution is -2.41. The average molecular weight is 437 g/mol. The number of aromatic nitrogens is 2. The molecule has 6 nitrogen and oxygen atoms in total. The summed E-state index contributed by atoms with van der Waals surface area (Å²) in [5.74, 6) is 0.0564. The number of benzene rings is 2. The van der Waals surface area contributed by atoms with Gasteiger partial charge in [-0.3, -0.25) is 9.59 Å². The van der Waals surface area contributed by atoms with Gasteiger partial charge in [-0.05, 0) is 36.1 Å². The van der Waals surface area contributed by atoms with Crippen molar-refractivity contribution < 1.29 is 4.79 Å². The van der Waals surface area contributed by atoms with Crippen LogP contribution in [0, 0.1) is 5.92 Å². The van der Waals surface area contributed by atoms with Gasteiger partial charge in [-0.25, -0.2) is 4.68 Å². The van der Waals surface area contributed by atoms with Crippen LogP contribution in [-0.4, -0.2) is 28.8 Å². The normalized spacial score (nSPS) is 14.4. The largest absolute Gasteiger partial charge is 0.370 e. The number of carbonyl (C=O) groups is 1. The third-order valence-electron chi connectivity index (χ3n) is 5.64. The summed E-state index contributed by atoms with van der Waals surface area (Å²) in [6.45, 7) is 2.40. The van der Waals surface area contributed by atoms with Crippen molar-refractivity contribution in [3.63, 3.8) is 0 Å². The van der Waals surface area contributed by atoms with Crippen LogP contribution in [-0.2, 0) is 17.9 Å². The van der Waals surface area contributed by atoms with E-state index >= 15 is 0 Å². The SMILES string of the molecule is O=C(NCc1ccc(Cl)cc1)C1CCN(c2cnn(Cc3ccccc3)c(=O)c2)CC1. The molecule has 1 aromatic heterocycles. The van der Waals surface area contributed by atoms with Crippen LogP contribution in [0.25, 0.3) is 0 Å². The average Bonchev–Trinajstić information content (AvgIpc) is 2.80. The number of nitrogens with one attached hydrogen (secondary N) is 1. The summed E-state index contributed by atoms with van der Waals surface area (Å²) >= 11 is 5.90. The highest BCUT2D eigenvalue weighted by atomic mass is 35.5. The molecule has 0 spiro atoms. The Morgan fingerprint density at radius 2 is 1.74 bits per heavy atom. The second-order valence-electron chi connectivity index (χ2n) is 7.80. The summed E-state index contributed by atoms with van der Waals surface area (Å²) in [7, 11) is 0. The van der Waals surface area contributed by atoms with Gasteiger partial charge in [0.1, 0.15) is 0 Å². The second-order valence-corrected chi connectivity index (χ2v) is 8.24. The summed E-state index contributed by atoms with van der Waals surface area (Å²) < 4.78 is 1.47. The van der Waals surface area contributed by atoms with Gasteiger partial charge in [0.2, 0.25) is 5.91 Å². The van der Waals surface area contributed by atoms with Crippen molar-refractivity contribution in [1.82, 2.24) is 15.1 Å². The summed E-state index contributed by atoms with van der Waals surface area (Å²) in [4.78, 5) is 27.2. The Labute approximate surface area is 186 Å². The zero-order valence-corrected chi connectivity index (χ0v) is 18.0. The van der Waals surface area contributed by atoms with Crippen LogP contribution in [0.2, 0.25) is 5.02 Å². The van der Waals surface area contributed by atoms with E-state index in [1.165, 1.54) is 4.68 Å². The molecule has 4 rings (SSSR count). The van der Waals surface area contributed by atoms with Crippen LogP contribution in [0.5, 0.6) is 0 Å². The van der Waals surface area contributed by atoms with Gasteiger partial charge in [-0.2, -0.15) is 5.10 Å². The quantitative estimate of drug-likeness (QED) is 0.642. The minimum atomic E-state index is -0.121. The first-order valence-electron chi connectivity index (χ1n) is 10.5. The molecule has 7 heteroatoms. The van der Waals surface area contributed by atoms with Gasteiger partial charge >= 0.3 is 0 Å². The number of rotatable bonds is 6. The van der Waals surface area contributed by atoms with Crippen LogP contribution in [0.1, 0.15) is 24.0 Å². The molecular formula is C24H25ClN4O2. The van der Waals surface area contributed by atoms with Gasteiger partial charge in [0.25, 0.3) is 5.56 Å². The van der Waals surface area contributed by atoms with E-state index in [1.807, 2.05) is 54.6 Å². The Hall–Kier alpha value is -3.12. The van der Waals surface area contributed by atoms with Crippen molar-refractivity contribution in [1.29, 1.82) is 0 Å². The lowest BCUT2D eigenvalue weighted by molar-refractivity contribution is -0.125. The first-order valence-corrected chi connectivity index (χ1v) is 10.8. The summed E-state index contributed by atoms with van der Waals surface area (Å²) in [5, 5.41) is 8.05. The van der Waals surface area contributed by atoms with E-state index in [9.17, 15) is 9.59 Å². The summed E-state index contributed by atoms with van der Waals surface area (Å²) in [6.07, 6.45) is 3.24. The van der Waals surface area contributed by atoms with Gasteiger partial charge < -0.3 is 10.2 Å². The molecule has 0 bridgehead atoms. The Balaban J connectivity index is 1.30. The van der Waals surface area contributed by atoms with Gasteiger partial charge in [-0.1, -0.05) is 54.1 Å². The Kier molecular flexibility index (Phi) is 6.67. The topological polar surface area (TPSA) is 67.2 Å². The van der Waals surface area contributed by atoms with E-state index in [-0.39, 0.29) is 17.4 Å². The molecule has 1 N–H and O–H groups in total. The number of carbonyl (C=O) groups excluding carboxylic acids is 1. The van der Waals surface area contributed by atoms with Crippen molar-refractivity contribution in [2.45, 2.75) is 25.9 Å². The van der Waals surface area contributed by atoms with Crippen LogP contribution in [0.3, 0.4) is 0 Å². The van der Waals surface area contributed by atoms with E-state index < -0.39 is 0 Å². The molecule has 0 aliphatic carbocycles. The van der Waals surface area contributed by atoms with Crippen LogP contribution in [0.4, 0.5) is 5.69 Å². The van der Waals surface area contributed by atoms with Gasteiger partial charge in [-0.15, -0.1) is 0 Å². The monoisotopic (exact) mass is 436 g/mol. The molecular weight excluding hydrogens is 412 g/mol. The molecule has 0 atom stereocenters. The maximum atomic E-state index is 12.5. The predicted molar refractivity (Wildman–Crippen MR) is 122 cm³/mol. The lowest BCUT2D eigenvalue weighted by Gasteiger charge is -2.32. The molecule has 1 aliphatic heterocycles.